The van der Waals surface area contributed by atoms with Crippen LogP contribution in [0.3, 0.4) is 0 Å². The van der Waals surface area contributed by atoms with Gasteiger partial charge in [-0.2, -0.15) is 0 Å². The molecular formula is C20H20Cl2N4O2S. The number of hydrogen-bond acceptors (Lipinski definition) is 5. The third-order valence-corrected chi connectivity index (χ3v) is 5.89. The Kier molecular flexibility index (Phi) is 7.05. The fourth-order valence-electron chi connectivity index (χ4n) is 2.46. The first-order valence-electron chi connectivity index (χ1n) is 8.79. The maximum atomic E-state index is 12.2. The summed E-state index contributed by atoms with van der Waals surface area (Å²) in [5, 5.41) is 12.6. The highest BCUT2D eigenvalue weighted by atomic mass is 35.5. The molecule has 0 atom stereocenters. The van der Waals surface area contributed by atoms with Crippen LogP contribution in [0.1, 0.15) is 17.0 Å². The Hall–Kier alpha value is -2.22. The van der Waals surface area contributed by atoms with Crippen LogP contribution < -0.4 is 10.1 Å². The van der Waals surface area contributed by atoms with E-state index in [0.717, 1.165) is 5.75 Å². The normalized spacial score (nSPS) is 10.8. The van der Waals surface area contributed by atoms with E-state index in [2.05, 4.69) is 22.4 Å². The van der Waals surface area contributed by atoms with Crippen molar-refractivity contribution in [2.45, 2.75) is 25.6 Å². The van der Waals surface area contributed by atoms with Crippen LogP contribution in [-0.4, -0.2) is 26.4 Å². The molecule has 2 aromatic carbocycles. The number of rotatable bonds is 7. The van der Waals surface area contributed by atoms with E-state index in [0.29, 0.717) is 26.7 Å². The van der Waals surface area contributed by atoms with Gasteiger partial charge in [0, 0.05) is 12.1 Å². The van der Waals surface area contributed by atoms with E-state index in [9.17, 15) is 4.79 Å². The van der Waals surface area contributed by atoms with E-state index in [1.807, 2.05) is 36.7 Å². The standard InChI is InChI=1S/C20H20Cl2N4O2S/c1-12-4-6-15(8-13(12)2)28-10-18-24-25-20(26(18)3)29-11-19(27)23-17-9-14(21)5-7-16(17)22/h4-9H,10-11H2,1-3H3,(H,23,27). The minimum Gasteiger partial charge on any atom is -0.486 e. The summed E-state index contributed by atoms with van der Waals surface area (Å²) in [7, 11) is 1.84. The topological polar surface area (TPSA) is 69.0 Å². The van der Waals surface area contributed by atoms with Crippen LogP contribution in [0.2, 0.25) is 10.0 Å². The first-order valence-corrected chi connectivity index (χ1v) is 10.5. The number of aromatic nitrogens is 3. The number of hydrogen-bond donors (Lipinski definition) is 1. The minimum absolute atomic E-state index is 0.160. The molecule has 0 unspecified atom stereocenters. The van der Waals surface area contributed by atoms with Gasteiger partial charge in [0.25, 0.3) is 0 Å². The summed E-state index contributed by atoms with van der Waals surface area (Å²) in [6, 6.07) is 10.9. The number of thioether (sulfide) groups is 1. The number of aryl methyl sites for hydroxylation is 2. The van der Waals surface area contributed by atoms with E-state index in [1.165, 1.54) is 22.9 Å². The molecule has 0 radical (unpaired) electrons. The molecule has 0 aliphatic heterocycles. The summed E-state index contributed by atoms with van der Waals surface area (Å²) in [6.45, 7) is 4.39. The first-order chi connectivity index (χ1) is 13.8. The molecule has 0 saturated heterocycles. The van der Waals surface area contributed by atoms with Crippen LogP contribution in [0.5, 0.6) is 5.75 Å². The van der Waals surface area contributed by atoms with Gasteiger partial charge >= 0.3 is 0 Å². The molecule has 1 N–H and O–H groups in total. The third-order valence-electron chi connectivity index (χ3n) is 4.31. The molecular weight excluding hydrogens is 431 g/mol. The van der Waals surface area contributed by atoms with Crippen molar-refractivity contribution in [3.8, 4) is 5.75 Å². The molecule has 0 fully saturated rings. The first kappa shape index (κ1) is 21.5. The molecule has 9 heteroatoms. The Labute approximate surface area is 183 Å². The van der Waals surface area contributed by atoms with Gasteiger partial charge in [-0.05, 0) is 55.3 Å². The zero-order valence-electron chi connectivity index (χ0n) is 16.2. The second-order valence-electron chi connectivity index (χ2n) is 6.45. The van der Waals surface area contributed by atoms with Gasteiger partial charge in [-0.25, -0.2) is 0 Å². The zero-order valence-corrected chi connectivity index (χ0v) is 18.5. The second kappa shape index (κ2) is 9.52. The third kappa shape index (κ3) is 5.65. The summed E-state index contributed by atoms with van der Waals surface area (Å²) >= 11 is 13.3. The Morgan fingerprint density at radius 1 is 1.14 bits per heavy atom. The van der Waals surface area contributed by atoms with Crippen LogP contribution in [0.4, 0.5) is 5.69 Å². The number of anilines is 1. The highest BCUT2D eigenvalue weighted by Crippen LogP contribution is 2.26. The molecule has 29 heavy (non-hydrogen) atoms. The van der Waals surface area contributed by atoms with Crippen LogP contribution in [0.15, 0.2) is 41.6 Å². The van der Waals surface area contributed by atoms with Gasteiger partial charge in [-0.15, -0.1) is 10.2 Å². The van der Waals surface area contributed by atoms with Gasteiger partial charge in [0.15, 0.2) is 11.0 Å². The highest BCUT2D eigenvalue weighted by molar-refractivity contribution is 7.99. The zero-order chi connectivity index (χ0) is 21.0. The Balaban J connectivity index is 1.55. The molecule has 1 heterocycles. The van der Waals surface area contributed by atoms with Crippen molar-refractivity contribution in [2.24, 2.45) is 7.05 Å². The number of halogens is 2. The largest absolute Gasteiger partial charge is 0.486 e. The highest BCUT2D eigenvalue weighted by Gasteiger charge is 2.13. The van der Waals surface area contributed by atoms with Crippen molar-refractivity contribution in [3.05, 3.63) is 63.4 Å². The van der Waals surface area contributed by atoms with Gasteiger partial charge < -0.3 is 14.6 Å². The molecule has 3 rings (SSSR count). The van der Waals surface area contributed by atoms with E-state index >= 15 is 0 Å². The number of benzene rings is 2. The molecule has 152 valence electrons. The average molecular weight is 451 g/mol. The van der Waals surface area contributed by atoms with Crippen molar-refractivity contribution < 1.29 is 9.53 Å². The van der Waals surface area contributed by atoms with Crippen LogP contribution in [0, 0.1) is 13.8 Å². The fourth-order valence-corrected chi connectivity index (χ4v) is 3.52. The average Bonchev–Trinajstić information content (AvgIpc) is 3.04. The summed E-state index contributed by atoms with van der Waals surface area (Å²) in [4.78, 5) is 12.2. The van der Waals surface area contributed by atoms with Crippen LogP contribution >= 0.6 is 35.0 Å². The van der Waals surface area contributed by atoms with Gasteiger partial charge in [0.05, 0.1) is 16.5 Å². The van der Waals surface area contributed by atoms with Crippen molar-refractivity contribution in [3.63, 3.8) is 0 Å². The van der Waals surface area contributed by atoms with Crippen molar-refractivity contribution in [2.75, 3.05) is 11.1 Å². The molecule has 1 amide bonds. The quantitative estimate of drug-likeness (QED) is 0.510. The van der Waals surface area contributed by atoms with Gasteiger partial charge in [0.2, 0.25) is 5.91 Å². The molecule has 3 aromatic rings. The van der Waals surface area contributed by atoms with Gasteiger partial charge in [0.1, 0.15) is 12.4 Å². The number of amides is 1. The lowest BCUT2D eigenvalue weighted by Crippen LogP contribution is -2.15. The van der Waals surface area contributed by atoms with Crippen LogP contribution in [0.25, 0.3) is 0 Å². The number of carbonyl (C=O) groups is 1. The van der Waals surface area contributed by atoms with Gasteiger partial charge in [-0.1, -0.05) is 41.0 Å². The lowest BCUT2D eigenvalue weighted by Gasteiger charge is -2.09. The Morgan fingerprint density at radius 2 is 1.93 bits per heavy atom. The predicted octanol–water partition coefficient (Wildman–Crippen LogP) is 5.05. The smallest absolute Gasteiger partial charge is 0.234 e. The van der Waals surface area contributed by atoms with E-state index in [-0.39, 0.29) is 18.3 Å². The SMILES string of the molecule is Cc1ccc(OCc2nnc(SCC(=O)Nc3cc(Cl)ccc3Cl)n2C)cc1C. The molecule has 1 aromatic heterocycles. The maximum absolute atomic E-state index is 12.2. The van der Waals surface area contributed by atoms with E-state index < -0.39 is 0 Å². The second-order valence-corrected chi connectivity index (χ2v) is 8.24. The Bertz CT molecular complexity index is 1040. The summed E-state index contributed by atoms with van der Waals surface area (Å²) in [5.41, 5.74) is 2.86. The number of nitrogens with zero attached hydrogens (tertiary/aromatic N) is 3. The number of nitrogens with one attached hydrogen (secondary N) is 1. The van der Waals surface area contributed by atoms with Crippen molar-refractivity contribution in [1.82, 2.24) is 14.8 Å². The van der Waals surface area contributed by atoms with E-state index in [1.54, 1.807) is 18.2 Å². The van der Waals surface area contributed by atoms with Crippen molar-refractivity contribution in [1.29, 1.82) is 0 Å². The summed E-state index contributed by atoms with van der Waals surface area (Å²) in [5.74, 6) is 1.40. The van der Waals surface area contributed by atoms with Gasteiger partial charge in [-0.3, -0.25) is 4.79 Å². The molecule has 0 aliphatic carbocycles. The predicted molar refractivity (Wildman–Crippen MR) is 117 cm³/mol. The lowest BCUT2D eigenvalue weighted by molar-refractivity contribution is -0.113. The number of ether oxygens (including phenoxy) is 1. The maximum Gasteiger partial charge on any atom is 0.234 e. The molecule has 0 saturated carbocycles. The summed E-state index contributed by atoms with van der Waals surface area (Å²) < 4.78 is 7.62. The fraction of sp³-hybridized carbons (Fsp3) is 0.250. The van der Waals surface area contributed by atoms with E-state index in [4.69, 9.17) is 27.9 Å². The molecule has 6 nitrogen and oxygen atoms in total. The summed E-state index contributed by atoms with van der Waals surface area (Å²) in [6.07, 6.45) is 0. The molecule has 0 spiro atoms. The Morgan fingerprint density at radius 3 is 2.69 bits per heavy atom. The monoisotopic (exact) mass is 450 g/mol. The minimum atomic E-state index is -0.213. The molecule has 0 aliphatic rings. The number of carbonyl (C=O) groups excluding carboxylic acids is 1. The molecule has 0 bridgehead atoms. The van der Waals surface area contributed by atoms with Crippen molar-refractivity contribution >= 4 is 46.6 Å². The van der Waals surface area contributed by atoms with Crippen LogP contribution in [-0.2, 0) is 18.4 Å². The lowest BCUT2D eigenvalue weighted by atomic mass is 10.1.